The van der Waals surface area contributed by atoms with Gasteiger partial charge >= 0.3 is 0 Å². The Morgan fingerprint density at radius 1 is 1.31 bits per heavy atom. The molecule has 0 aromatic rings. The molecule has 2 saturated carbocycles. The Kier molecular flexibility index (Phi) is 3.88. The van der Waals surface area contributed by atoms with E-state index in [1.807, 2.05) is 0 Å². The van der Waals surface area contributed by atoms with Crippen LogP contribution in [-0.2, 0) is 4.74 Å². The van der Waals surface area contributed by atoms with E-state index >= 15 is 0 Å². The van der Waals surface area contributed by atoms with Crippen molar-refractivity contribution in [2.45, 2.75) is 56.7 Å². The number of nitrogens with zero attached hydrogens (tertiary/aromatic N) is 1. The molecule has 2 aliphatic carbocycles. The van der Waals surface area contributed by atoms with Crippen LogP contribution in [0.2, 0.25) is 0 Å². The second kappa shape index (κ2) is 5.03. The van der Waals surface area contributed by atoms with Crippen molar-refractivity contribution in [3.8, 4) is 0 Å². The summed E-state index contributed by atoms with van der Waals surface area (Å²) < 4.78 is 5.58. The SMILES string of the molecule is CCOC1CC(NCC2(N(C)C)CCC2)C1. The number of ether oxygens (including phenoxy) is 1. The fourth-order valence-electron chi connectivity index (χ4n) is 2.81. The molecule has 0 aromatic carbocycles. The number of hydrogen-bond acceptors (Lipinski definition) is 3. The first kappa shape index (κ1) is 12.3. The molecule has 94 valence electrons. The summed E-state index contributed by atoms with van der Waals surface area (Å²) in [7, 11) is 4.43. The second-order valence-corrected chi connectivity index (χ2v) is 5.60. The lowest BCUT2D eigenvalue weighted by atomic mass is 9.75. The summed E-state index contributed by atoms with van der Waals surface area (Å²) in [6.45, 7) is 4.10. The first-order valence-electron chi connectivity index (χ1n) is 6.69. The van der Waals surface area contributed by atoms with Gasteiger partial charge in [0.25, 0.3) is 0 Å². The minimum atomic E-state index is 0.455. The van der Waals surface area contributed by atoms with Gasteiger partial charge in [0.15, 0.2) is 0 Å². The Hall–Kier alpha value is -0.120. The van der Waals surface area contributed by atoms with E-state index in [2.05, 4.69) is 31.2 Å². The molecule has 0 bridgehead atoms. The van der Waals surface area contributed by atoms with Crippen LogP contribution in [0.1, 0.15) is 39.0 Å². The predicted molar refractivity (Wildman–Crippen MR) is 66.7 cm³/mol. The highest BCUT2D eigenvalue weighted by Crippen LogP contribution is 2.36. The minimum absolute atomic E-state index is 0.455. The molecule has 0 unspecified atom stereocenters. The quantitative estimate of drug-likeness (QED) is 0.745. The molecule has 2 fully saturated rings. The van der Waals surface area contributed by atoms with Gasteiger partial charge in [0, 0.05) is 24.7 Å². The molecule has 2 aliphatic rings. The predicted octanol–water partition coefficient (Wildman–Crippen LogP) is 1.63. The Labute approximate surface area is 99.5 Å². The van der Waals surface area contributed by atoms with Crippen molar-refractivity contribution < 1.29 is 4.74 Å². The van der Waals surface area contributed by atoms with E-state index in [9.17, 15) is 0 Å². The molecule has 16 heavy (non-hydrogen) atoms. The van der Waals surface area contributed by atoms with Crippen LogP contribution in [0.3, 0.4) is 0 Å². The van der Waals surface area contributed by atoms with Gasteiger partial charge in [-0.2, -0.15) is 0 Å². The van der Waals surface area contributed by atoms with Crippen LogP contribution in [0.15, 0.2) is 0 Å². The van der Waals surface area contributed by atoms with Crippen LogP contribution < -0.4 is 5.32 Å². The molecule has 1 N–H and O–H groups in total. The molecule has 0 amide bonds. The minimum Gasteiger partial charge on any atom is -0.378 e. The fourth-order valence-corrected chi connectivity index (χ4v) is 2.81. The van der Waals surface area contributed by atoms with Crippen molar-refractivity contribution >= 4 is 0 Å². The molecule has 0 aliphatic heterocycles. The highest BCUT2D eigenvalue weighted by Gasteiger charge is 2.40. The highest BCUT2D eigenvalue weighted by atomic mass is 16.5. The zero-order chi connectivity index (χ0) is 11.6. The van der Waals surface area contributed by atoms with Gasteiger partial charge in [-0.1, -0.05) is 0 Å². The van der Waals surface area contributed by atoms with E-state index in [4.69, 9.17) is 4.74 Å². The Morgan fingerprint density at radius 2 is 2.00 bits per heavy atom. The van der Waals surface area contributed by atoms with Crippen LogP contribution in [0.5, 0.6) is 0 Å². The summed E-state index contributed by atoms with van der Waals surface area (Å²) in [6, 6.07) is 0.703. The second-order valence-electron chi connectivity index (χ2n) is 5.60. The summed E-state index contributed by atoms with van der Waals surface area (Å²) in [5.41, 5.74) is 0.455. The van der Waals surface area contributed by atoms with Crippen LogP contribution >= 0.6 is 0 Å². The van der Waals surface area contributed by atoms with Gasteiger partial charge in [-0.15, -0.1) is 0 Å². The van der Waals surface area contributed by atoms with Crippen LogP contribution in [0.25, 0.3) is 0 Å². The van der Waals surface area contributed by atoms with Crippen LogP contribution in [0.4, 0.5) is 0 Å². The molecule has 3 nitrogen and oxygen atoms in total. The molecule has 0 atom stereocenters. The van der Waals surface area contributed by atoms with E-state index in [0.717, 1.165) is 13.2 Å². The lowest BCUT2D eigenvalue weighted by Crippen LogP contribution is -2.59. The fraction of sp³-hybridized carbons (Fsp3) is 1.00. The maximum Gasteiger partial charge on any atom is 0.0604 e. The summed E-state index contributed by atoms with van der Waals surface area (Å²) in [5.74, 6) is 0. The molecule has 0 spiro atoms. The number of hydrogen-bond donors (Lipinski definition) is 1. The van der Waals surface area contributed by atoms with Crippen molar-refractivity contribution in [1.82, 2.24) is 10.2 Å². The monoisotopic (exact) mass is 226 g/mol. The van der Waals surface area contributed by atoms with Crippen LogP contribution in [0, 0.1) is 0 Å². The first-order chi connectivity index (χ1) is 7.66. The number of nitrogens with one attached hydrogen (secondary N) is 1. The molecule has 2 rings (SSSR count). The van der Waals surface area contributed by atoms with E-state index in [0.29, 0.717) is 17.7 Å². The van der Waals surface area contributed by atoms with Crippen molar-refractivity contribution in [3.05, 3.63) is 0 Å². The highest BCUT2D eigenvalue weighted by molar-refractivity contribution is 4.99. The third-order valence-electron chi connectivity index (χ3n) is 4.45. The first-order valence-corrected chi connectivity index (χ1v) is 6.69. The van der Waals surface area contributed by atoms with Gasteiger partial charge in [-0.25, -0.2) is 0 Å². The average Bonchev–Trinajstić information content (AvgIpc) is 2.10. The molecule has 0 saturated heterocycles. The largest absolute Gasteiger partial charge is 0.378 e. The standard InChI is InChI=1S/C13H26N2O/c1-4-16-12-8-11(9-12)14-10-13(15(2)3)6-5-7-13/h11-12,14H,4-10H2,1-3H3. The van der Waals surface area contributed by atoms with Gasteiger partial charge in [-0.05, 0) is 53.1 Å². The lowest BCUT2D eigenvalue weighted by Gasteiger charge is -2.49. The summed E-state index contributed by atoms with van der Waals surface area (Å²) in [5, 5.41) is 3.71. The Bertz CT molecular complexity index is 220. The molecular weight excluding hydrogens is 200 g/mol. The average molecular weight is 226 g/mol. The zero-order valence-corrected chi connectivity index (χ0v) is 11.0. The smallest absolute Gasteiger partial charge is 0.0604 e. The Morgan fingerprint density at radius 3 is 2.44 bits per heavy atom. The van der Waals surface area contributed by atoms with Crippen molar-refractivity contribution in [2.75, 3.05) is 27.2 Å². The molecule has 3 heteroatoms. The van der Waals surface area contributed by atoms with Crippen molar-refractivity contribution in [1.29, 1.82) is 0 Å². The maximum absolute atomic E-state index is 5.58. The van der Waals surface area contributed by atoms with E-state index in [-0.39, 0.29) is 0 Å². The topological polar surface area (TPSA) is 24.5 Å². The molecule has 0 radical (unpaired) electrons. The Balaban J connectivity index is 1.65. The third-order valence-corrected chi connectivity index (χ3v) is 4.45. The summed E-state index contributed by atoms with van der Waals surface area (Å²) >= 11 is 0. The normalized spacial score (nSPS) is 32.2. The van der Waals surface area contributed by atoms with E-state index in [1.165, 1.54) is 32.1 Å². The van der Waals surface area contributed by atoms with Crippen LogP contribution in [-0.4, -0.2) is 49.8 Å². The zero-order valence-electron chi connectivity index (χ0n) is 11.0. The van der Waals surface area contributed by atoms with E-state index < -0.39 is 0 Å². The number of likely N-dealkylation sites (N-methyl/N-ethyl adjacent to an activating group) is 1. The van der Waals surface area contributed by atoms with E-state index in [1.54, 1.807) is 0 Å². The van der Waals surface area contributed by atoms with Crippen molar-refractivity contribution in [2.24, 2.45) is 0 Å². The third kappa shape index (κ3) is 2.41. The molecular formula is C13H26N2O. The maximum atomic E-state index is 5.58. The number of rotatable bonds is 6. The van der Waals surface area contributed by atoms with Gasteiger partial charge in [0.1, 0.15) is 0 Å². The van der Waals surface area contributed by atoms with Gasteiger partial charge in [0.2, 0.25) is 0 Å². The van der Waals surface area contributed by atoms with Gasteiger partial charge in [-0.3, -0.25) is 0 Å². The van der Waals surface area contributed by atoms with Gasteiger partial charge < -0.3 is 15.0 Å². The lowest BCUT2D eigenvalue weighted by molar-refractivity contribution is -0.0180. The molecule has 0 aromatic heterocycles. The summed E-state index contributed by atoms with van der Waals surface area (Å²) in [4.78, 5) is 2.40. The summed E-state index contributed by atoms with van der Waals surface area (Å²) in [6.07, 6.45) is 7.04. The van der Waals surface area contributed by atoms with Crippen molar-refractivity contribution in [3.63, 3.8) is 0 Å². The van der Waals surface area contributed by atoms with Gasteiger partial charge in [0.05, 0.1) is 6.10 Å². The molecule has 0 heterocycles.